The molecule has 1 aromatic heterocycles. The van der Waals surface area contributed by atoms with Crippen molar-refractivity contribution >= 4 is 44.0 Å². The molecule has 5 nitrogen and oxygen atoms in total. The SMILES string of the molecule is N=C(N)SC(=N)Sc1ncnc2ccccc12. The Morgan fingerprint density at radius 2 is 1.94 bits per heavy atom. The van der Waals surface area contributed by atoms with E-state index in [9.17, 15) is 0 Å². The standard InChI is InChI=1S/C10H9N5S2/c11-9(12)17-10(13)16-8-6-3-1-2-4-7(6)14-5-15-8/h1-5,13H,(H3,11,12). The Kier molecular flexibility index (Phi) is 3.60. The van der Waals surface area contributed by atoms with Crippen LogP contribution in [0.5, 0.6) is 0 Å². The van der Waals surface area contributed by atoms with Gasteiger partial charge in [0, 0.05) is 5.39 Å². The monoisotopic (exact) mass is 263 g/mol. The van der Waals surface area contributed by atoms with Gasteiger partial charge < -0.3 is 5.73 Å². The summed E-state index contributed by atoms with van der Waals surface area (Å²) >= 11 is 2.08. The number of aromatic nitrogens is 2. The smallest absolute Gasteiger partial charge is 0.157 e. The molecule has 2 rings (SSSR count). The van der Waals surface area contributed by atoms with Gasteiger partial charge in [0.15, 0.2) is 5.17 Å². The molecular formula is C10H9N5S2. The van der Waals surface area contributed by atoms with Gasteiger partial charge in [-0.3, -0.25) is 10.8 Å². The molecule has 0 aliphatic carbocycles. The maximum atomic E-state index is 7.68. The van der Waals surface area contributed by atoms with Gasteiger partial charge in [0.05, 0.1) is 5.52 Å². The lowest BCUT2D eigenvalue weighted by molar-refractivity contribution is 1.11. The highest BCUT2D eigenvalue weighted by molar-refractivity contribution is 8.44. The summed E-state index contributed by atoms with van der Waals surface area (Å²) in [4.78, 5) is 8.28. The van der Waals surface area contributed by atoms with Crippen LogP contribution in [-0.2, 0) is 0 Å². The zero-order valence-corrected chi connectivity index (χ0v) is 10.3. The van der Waals surface area contributed by atoms with E-state index in [1.165, 1.54) is 18.1 Å². The van der Waals surface area contributed by atoms with Crippen molar-refractivity contribution in [3.05, 3.63) is 30.6 Å². The Balaban J connectivity index is 2.30. The lowest BCUT2D eigenvalue weighted by Gasteiger charge is -2.04. The minimum Gasteiger partial charge on any atom is -0.378 e. The van der Waals surface area contributed by atoms with Crippen LogP contribution >= 0.6 is 23.5 Å². The van der Waals surface area contributed by atoms with Gasteiger partial charge in [-0.1, -0.05) is 18.2 Å². The molecule has 0 radical (unpaired) electrons. The van der Waals surface area contributed by atoms with E-state index in [1.54, 1.807) is 0 Å². The first-order chi connectivity index (χ1) is 8.16. The number of thioether (sulfide) groups is 2. The normalized spacial score (nSPS) is 10.4. The second-order valence-electron chi connectivity index (χ2n) is 3.05. The molecule has 1 aromatic carbocycles. The maximum Gasteiger partial charge on any atom is 0.157 e. The molecule has 2 aromatic rings. The van der Waals surface area contributed by atoms with E-state index in [0.717, 1.165) is 22.7 Å². The van der Waals surface area contributed by atoms with E-state index in [-0.39, 0.29) is 9.54 Å². The summed E-state index contributed by atoms with van der Waals surface area (Å²) < 4.78 is 0.223. The van der Waals surface area contributed by atoms with Crippen molar-refractivity contribution in [2.75, 3.05) is 0 Å². The van der Waals surface area contributed by atoms with Crippen molar-refractivity contribution in [1.82, 2.24) is 9.97 Å². The molecule has 0 aliphatic heterocycles. The number of hydrogen-bond acceptors (Lipinski definition) is 6. The fourth-order valence-corrected chi connectivity index (χ4v) is 2.70. The molecule has 86 valence electrons. The fourth-order valence-electron chi connectivity index (χ4n) is 1.27. The lowest BCUT2D eigenvalue weighted by atomic mass is 10.2. The zero-order chi connectivity index (χ0) is 12.3. The minimum atomic E-state index is -0.0964. The van der Waals surface area contributed by atoms with E-state index in [4.69, 9.17) is 16.6 Å². The fraction of sp³-hybridized carbons (Fsp3) is 0. The number of nitrogens with one attached hydrogen (secondary N) is 2. The summed E-state index contributed by atoms with van der Waals surface area (Å²) in [6, 6.07) is 7.60. The summed E-state index contributed by atoms with van der Waals surface area (Å²) in [5, 5.41) is 16.3. The van der Waals surface area contributed by atoms with E-state index >= 15 is 0 Å². The molecule has 17 heavy (non-hydrogen) atoms. The van der Waals surface area contributed by atoms with Crippen molar-refractivity contribution in [1.29, 1.82) is 10.8 Å². The first-order valence-corrected chi connectivity index (χ1v) is 6.28. The van der Waals surface area contributed by atoms with Gasteiger partial charge in [0.1, 0.15) is 15.7 Å². The highest BCUT2D eigenvalue weighted by Gasteiger charge is 2.08. The lowest BCUT2D eigenvalue weighted by Crippen LogP contribution is -2.06. The molecule has 0 saturated carbocycles. The molecule has 0 saturated heterocycles. The van der Waals surface area contributed by atoms with Gasteiger partial charge in [0.25, 0.3) is 0 Å². The van der Waals surface area contributed by atoms with Gasteiger partial charge in [0.2, 0.25) is 0 Å². The van der Waals surface area contributed by atoms with Crippen molar-refractivity contribution < 1.29 is 0 Å². The van der Waals surface area contributed by atoms with Crippen LogP contribution in [0.1, 0.15) is 0 Å². The molecule has 0 amide bonds. The van der Waals surface area contributed by atoms with Crippen molar-refractivity contribution in [2.45, 2.75) is 5.03 Å². The maximum absolute atomic E-state index is 7.68. The Bertz CT molecular complexity index is 578. The predicted molar refractivity (Wildman–Crippen MR) is 72.6 cm³/mol. The van der Waals surface area contributed by atoms with Crippen LogP contribution in [0.2, 0.25) is 0 Å². The first-order valence-electron chi connectivity index (χ1n) is 4.65. The van der Waals surface area contributed by atoms with Crippen LogP contribution in [0.25, 0.3) is 10.9 Å². The Hall–Kier alpha value is -1.60. The quantitative estimate of drug-likeness (QED) is 0.317. The second kappa shape index (κ2) is 5.15. The number of rotatable bonds is 1. The molecule has 0 bridgehead atoms. The molecule has 0 atom stereocenters. The molecular weight excluding hydrogens is 254 g/mol. The molecule has 0 fully saturated rings. The topological polar surface area (TPSA) is 99.5 Å². The average molecular weight is 263 g/mol. The van der Waals surface area contributed by atoms with Crippen LogP contribution in [0.3, 0.4) is 0 Å². The third-order valence-corrected chi connectivity index (χ3v) is 3.51. The van der Waals surface area contributed by atoms with Crippen molar-refractivity contribution in [3.8, 4) is 0 Å². The number of fused-ring (bicyclic) bond motifs is 1. The van der Waals surface area contributed by atoms with Gasteiger partial charge in [-0.2, -0.15) is 0 Å². The van der Waals surface area contributed by atoms with E-state index in [2.05, 4.69) is 9.97 Å². The molecule has 7 heteroatoms. The van der Waals surface area contributed by atoms with Crippen molar-refractivity contribution in [3.63, 3.8) is 0 Å². The van der Waals surface area contributed by atoms with Crippen LogP contribution in [0.4, 0.5) is 0 Å². The van der Waals surface area contributed by atoms with Crippen LogP contribution in [-0.4, -0.2) is 19.5 Å². The Labute approximate surface area is 106 Å². The minimum absolute atomic E-state index is 0.0964. The summed E-state index contributed by atoms with van der Waals surface area (Å²) in [6.45, 7) is 0. The summed E-state index contributed by atoms with van der Waals surface area (Å²) in [6.07, 6.45) is 1.47. The van der Waals surface area contributed by atoms with Gasteiger partial charge in [-0.15, -0.1) is 0 Å². The number of amidine groups is 1. The largest absolute Gasteiger partial charge is 0.378 e. The van der Waals surface area contributed by atoms with Crippen LogP contribution < -0.4 is 5.73 Å². The van der Waals surface area contributed by atoms with E-state index in [0.29, 0.717) is 5.03 Å². The number of hydrogen-bond donors (Lipinski definition) is 3. The Morgan fingerprint density at radius 1 is 1.18 bits per heavy atom. The summed E-state index contributed by atoms with van der Waals surface area (Å²) in [5.74, 6) is 0. The highest BCUT2D eigenvalue weighted by atomic mass is 32.2. The third-order valence-electron chi connectivity index (χ3n) is 1.90. The van der Waals surface area contributed by atoms with E-state index < -0.39 is 0 Å². The van der Waals surface area contributed by atoms with Gasteiger partial charge in [-0.05, 0) is 29.6 Å². The number of para-hydroxylation sites is 1. The Morgan fingerprint density at radius 3 is 2.71 bits per heavy atom. The van der Waals surface area contributed by atoms with Gasteiger partial charge >= 0.3 is 0 Å². The summed E-state index contributed by atoms with van der Waals surface area (Å²) in [7, 11) is 0. The third kappa shape index (κ3) is 2.95. The zero-order valence-electron chi connectivity index (χ0n) is 8.68. The van der Waals surface area contributed by atoms with Crippen molar-refractivity contribution in [2.24, 2.45) is 5.73 Å². The molecule has 0 aliphatic rings. The average Bonchev–Trinajstić information content (AvgIpc) is 2.28. The number of benzene rings is 1. The highest BCUT2D eigenvalue weighted by Crippen LogP contribution is 2.28. The van der Waals surface area contributed by atoms with Gasteiger partial charge in [-0.25, -0.2) is 9.97 Å². The molecule has 1 heterocycles. The predicted octanol–water partition coefficient (Wildman–Crippen LogP) is 2.28. The molecule has 0 spiro atoms. The number of nitrogens with zero attached hydrogens (tertiary/aromatic N) is 2. The van der Waals surface area contributed by atoms with Crippen LogP contribution in [0.15, 0.2) is 35.6 Å². The van der Waals surface area contributed by atoms with Crippen LogP contribution in [0, 0.1) is 10.8 Å². The molecule has 0 unspecified atom stereocenters. The second-order valence-corrected chi connectivity index (χ2v) is 5.36. The van der Waals surface area contributed by atoms with E-state index in [1.807, 2.05) is 24.3 Å². The molecule has 4 N–H and O–H groups in total. The first kappa shape index (κ1) is 11.9. The number of nitrogens with two attached hydrogens (primary N) is 1. The summed E-state index contributed by atoms with van der Waals surface area (Å²) in [5.41, 5.74) is 6.06.